The van der Waals surface area contributed by atoms with Gasteiger partial charge in [-0.1, -0.05) is 83.1 Å². The zero-order chi connectivity index (χ0) is 34.4. The number of hydrogen-bond acceptors (Lipinski definition) is 7. The largest absolute Gasteiger partial charge is 0.459 e. The first-order valence-electron chi connectivity index (χ1n) is 15.5. The number of benzene rings is 2. The van der Waals surface area contributed by atoms with Crippen molar-refractivity contribution in [2.45, 2.75) is 90.9 Å². The van der Waals surface area contributed by atoms with E-state index in [-0.39, 0.29) is 29.3 Å². The summed E-state index contributed by atoms with van der Waals surface area (Å²) in [7, 11) is -3.03. The van der Waals surface area contributed by atoms with Crippen molar-refractivity contribution in [3.8, 4) is 0 Å². The second kappa shape index (κ2) is 14.7. The number of carbonyl (C=O) groups is 3. The van der Waals surface area contributed by atoms with E-state index in [0.29, 0.717) is 10.9 Å². The fourth-order valence-electron chi connectivity index (χ4n) is 5.31. The van der Waals surface area contributed by atoms with Crippen LogP contribution in [0, 0.1) is 17.3 Å². The lowest BCUT2D eigenvalue weighted by Gasteiger charge is -2.38. The molecule has 3 atom stereocenters. The van der Waals surface area contributed by atoms with Crippen LogP contribution < -0.4 is 10.6 Å². The number of nitrogens with zero attached hydrogens (tertiary/aromatic N) is 2. The van der Waals surface area contributed by atoms with Gasteiger partial charge in [0.15, 0.2) is 0 Å². The van der Waals surface area contributed by atoms with E-state index < -0.39 is 56.8 Å². The molecule has 10 nitrogen and oxygen atoms in total. The van der Waals surface area contributed by atoms with E-state index in [2.05, 4.69) is 15.6 Å². The number of hydrogen-bond donors (Lipinski definition) is 2. The Bertz CT molecular complexity index is 1620. The van der Waals surface area contributed by atoms with E-state index in [1.807, 2.05) is 40.7 Å². The summed E-state index contributed by atoms with van der Waals surface area (Å²) in [6.45, 7) is 14.0. The van der Waals surface area contributed by atoms with Gasteiger partial charge in [-0.2, -0.15) is 4.31 Å². The highest BCUT2D eigenvalue weighted by Gasteiger charge is 2.47. The van der Waals surface area contributed by atoms with Crippen molar-refractivity contribution in [3.05, 3.63) is 72.4 Å². The highest BCUT2D eigenvalue weighted by molar-refractivity contribution is 7.89. The van der Waals surface area contributed by atoms with E-state index in [1.165, 1.54) is 19.3 Å². The zero-order valence-corrected chi connectivity index (χ0v) is 29.1. The Balaban J connectivity index is 2.33. The summed E-state index contributed by atoms with van der Waals surface area (Å²) in [6.07, 6.45) is 1.64. The second-order valence-electron chi connectivity index (χ2n) is 14.0. The molecule has 1 heterocycles. The number of ether oxygens (including phenoxy) is 1. The van der Waals surface area contributed by atoms with Gasteiger partial charge in [0.25, 0.3) is 0 Å². The first-order valence-corrected chi connectivity index (χ1v) is 16.9. The van der Waals surface area contributed by atoms with Crippen LogP contribution >= 0.6 is 0 Å². The number of sulfonamides is 1. The van der Waals surface area contributed by atoms with Crippen molar-refractivity contribution in [2.75, 3.05) is 7.05 Å². The predicted molar refractivity (Wildman–Crippen MR) is 179 cm³/mol. The SMILES string of the molecule is CNC(=O)[C@@H](NC(=O)[C@H](CC(C)C)[C@@H](C(=O)OC(C)(C)C)N(Cc1ccccc1)S(=O)(=O)c1cccc2cccnc12)C(C)(C)C. The van der Waals surface area contributed by atoms with E-state index >= 15 is 0 Å². The first kappa shape index (κ1) is 36.6. The molecule has 250 valence electrons. The number of para-hydroxylation sites is 1. The third kappa shape index (κ3) is 9.13. The topological polar surface area (TPSA) is 135 Å². The maximum absolute atomic E-state index is 14.9. The van der Waals surface area contributed by atoms with Gasteiger partial charge in [0.2, 0.25) is 21.8 Å². The van der Waals surface area contributed by atoms with Crippen LogP contribution in [0.25, 0.3) is 10.9 Å². The first-order chi connectivity index (χ1) is 21.4. The Morgan fingerprint density at radius 1 is 0.891 bits per heavy atom. The molecule has 0 fully saturated rings. The third-order valence-electron chi connectivity index (χ3n) is 7.43. The van der Waals surface area contributed by atoms with E-state index in [4.69, 9.17) is 4.74 Å². The summed E-state index contributed by atoms with van der Waals surface area (Å²) < 4.78 is 36.7. The molecule has 0 radical (unpaired) electrons. The number of amides is 2. The molecule has 3 rings (SSSR count). The molecule has 0 aliphatic heterocycles. The molecule has 3 aromatic rings. The van der Waals surface area contributed by atoms with Crippen molar-refractivity contribution in [1.29, 1.82) is 0 Å². The van der Waals surface area contributed by atoms with Gasteiger partial charge in [0.05, 0.1) is 11.4 Å². The Morgan fingerprint density at radius 3 is 2.09 bits per heavy atom. The van der Waals surface area contributed by atoms with E-state index in [1.54, 1.807) is 69.3 Å². The molecule has 1 aromatic heterocycles. The number of fused-ring (bicyclic) bond motifs is 1. The molecule has 0 aliphatic carbocycles. The van der Waals surface area contributed by atoms with Gasteiger partial charge >= 0.3 is 5.97 Å². The fourth-order valence-corrected chi connectivity index (χ4v) is 7.08. The Kier molecular flexibility index (Phi) is 11.7. The Hall–Kier alpha value is -3.83. The molecular weight excluding hydrogens is 604 g/mol. The minimum absolute atomic E-state index is 0.100. The van der Waals surface area contributed by atoms with Gasteiger partial charge in [-0.15, -0.1) is 0 Å². The lowest BCUT2D eigenvalue weighted by molar-refractivity contribution is -0.164. The van der Waals surface area contributed by atoms with Crippen LogP contribution in [-0.4, -0.2) is 60.2 Å². The maximum atomic E-state index is 14.9. The number of rotatable bonds is 12. The van der Waals surface area contributed by atoms with Crippen LogP contribution in [0.2, 0.25) is 0 Å². The van der Waals surface area contributed by atoms with Gasteiger partial charge in [-0.25, -0.2) is 8.42 Å². The van der Waals surface area contributed by atoms with Crippen molar-refractivity contribution < 1.29 is 27.5 Å². The predicted octanol–water partition coefficient (Wildman–Crippen LogP) is 5.08. The van der Waals surface area contributed by atoms with Crippen LogP contribution in [0.3, 0.4) is 0 Å². The smallest absolute Gasteiger partial charge is 0.325 e. The molecule has 2 amide bonds. The number of aromatic nitrogens is 1. The molecule has 0 aliphatic rings. The van der Waals surface area contributed by atoms with Crippen LogP contribution in [0.1, 0.15) is 67.4 Å². The van der Waals surface area contributed by atoms with Crippen molar-refractivity contribution in [2.24, 2.45) is 17.3 Å². The molecule has 0 bridgehead atoms. The molecule has 2 N–H and O–H groups in total. The highest BCUT2D eigenvalue weighted by atomic mass is 32.2. The van der Waals surface area contributed by atoms with Gasteiger partial charge in [-0.05, 0) is 56.2 Å². The van der Waals surface area contributed by atoms with Crippen LogP contribution in [0.4, 0.5) is 0 Å². The van der Waals surface area contributed by atoms with Gasteiger partial charge in [0, 0.05) is 25.2 Å². The second-order valence-corrected chi connectivity index (χ2v) is 15.9. The lowest BCUT2D eigenvalue weighted by Crippen LogP contribution is -2.59. The lowest BCUT2D eigenvalue weighted by atomic mass is 9.84. The molecule has 2 aromatic carbocycles. The number of nitrogens with one attached hydrogen (secondary N) is 2. The normalized spacial score (nSPS) is 14.5. The monoisotopic (exact) mass is 652 g/mol. The summed E-state index contributed by atoms with van der Waals surface area (Å²) in [5.41, 5.74) is -0.838. The molecular formula is C35H48N4O6S. The average Bonchev–Trinajstić information content (AvgIpc) is 2.97. The molecule has 0 spiro atoms. The number of carbonyl (C=O) groups excluding carboxylic acids is 3. The fraction of sp³-hybridized carbons (Fsp3) is 0.486. The summed E-state index contributed by atoms with van der Waals surface area (Å²) in [4.78, 5) is 45.9. The highest BCUT2D eigenvalue weighted by Crippen LogP contribution is 2.33. The summed E-state index contributed by atoms with van der Waals surface area (Å²) in [5, 5.41) is 6.06. The number of esters is 1. The number of pyridine rings is 1. The van der Waals surface area contributed by atoms with E-state index in [0.717, 1.165) is 4.31 Å². The van der Waals surface area contributed by atoms with Gasteiger partial charge < -0.3 is 15.4 Å². The van der Waals surface area contributed by atoms with Crippen LogP contribution in [0.5, 0.6) is 0 Å². The third-order valence-corrected chi connectivity index (χ3v) is 9.29. The minimum Gasteiger partial charge on any atom is -0.459 e. The van der Waals surface area contributed by atoms with E-state index in [9.17, 15) is 22.8 Å². The molecule has 46 heavy (non-hydrogen) atoms. The maximum Gasteiger partial charge on any atom is 0.325 e. The quantitative estimate of drug-likeness (QED) is 0.261. The molecule has 0 unspecified atom stereocenters. The average molecular weight is 653 g/mol. The summed E-state index contributed by atoms with van der Waals surface area (Å²) in [6, 6.07) is 14.6. The summed E-state index contributed by atoms with van der Waals surface area (Å²) >= 11 is 0. The van der Waals surface area contributed by atoms with Crippen LogP contribution in [-0.2, 0) is 35.7 Å². The van der Waals surface area contributed by atoms with Crippen molar-refractivity contribution in [1.82, 2.24) is 19.9 Å². The standard InChI is InChI=1S/C35H48N4O6S/c1-23(2)21-26(31(40)38-30(32(41)36-9)34(3,4)5)29(33(42)45-35(6,7)8)39(22-24-15-11-10-12-16-24)46(43,44)27-19-13-17-25-18-14-20-37-28(25)27/h10-20,23,26,29-30H,21-22H2,1-9H3,(H,36,41)(H,38,40)/t26-,29+,30-/m1/s1. The molecule has 11 heteroatoms. The Labute approximate surface area is 273 Å². The minimum atomic E-state index is -4.51. The van der Waals surface area contributed by atoms with Gasteiger partial charge in [-0.3, -0.25) is 19.4 Å². The Morgan fingerprint density at radius 2 is 1.52 bits per heavy atom. The van der Waals surface area contributed by atoms with Crippen molar-refractivity contribution >= 4 is 38.7 Å². The van der Waals surface area contributed by atoms with Gasteiger partial charge in [0.1, 0.15) is 22.6 Å². The van der Waals surface area contributed by atoms with Crippen LogP contribution in [0.15, 0.2) is 71.8 Å². The summed E-state index contributed by atoms with van der Waals surface area (Å²) in [5.74, 6) is -3.25. The number of likely N-dealkylation sites (N-methyl/N-ethyl adjacent to an activating group) is 1. The zero-order valence-electron chi connectivity index (χ0n) is 28.3. The molecule has 0 saturated heterocycles. The molecule has 0 saturated carbocycles. The van der Waals surface area contributed by atoms with Crippen molar-refractivity contribution in [3.63, 3.8) is 0 Å².